The van der Waals surface area contributed by atoms with Crippen LogP contribution in [0.4, 0.5) is 0 Å². The Morgan fingerprint density at radius 3 is 2.57 bits per heavy atom. The van der Waals surface area contributed by atoms with Crippen LogP contribution in [0.3, 0.4) is 0 Å². The second kappa shape index (κ2) is 8.48. The van der Waals surface area contributed by atoms with Crippen LogP contribution >= 0.6 is 0 Å². The molecule has 0 spiro atoms. The van der Waals surface area contributed by atoms with Crippen molar-refractivity contribution >= 4 is 11.8 Å². The van der Waals surface area contributed by atoms with Gasteiger partial charge in [-0.25, -0.2) is 9.67 Å². The normalized spacial score (nSPS) is 13.3. The summed E-state index contributed by atoms with van der Waals surface area (Å²) in [6, 6.07) is 7.29. The molecule has 1 fully saturated rings. The highest BCUT2D eigenvalue weighted by Crippen LogP contribution is 2.21. The van der Waals surface area contributed by atoms with E-state index >= 15 is 0 Å². The average molecular weight is 408 g/mol. The van der Waals surface area contributed by atoms with Crippen molar-refractivity contribution in [1.29, 1.82) is 0 Å². The molecule has 30 heavy (non-hydrogen) atoms. The molecule has 9 nitrogen and oxygen atoms in total. The van der Waals surface area contributed by atoms with E-state index in [1.54, 1.807) is 42.1 Å². The van der Waals surface area contributed by atoms with Gasteiger partial charge in [-0.2, -0.15) is 0 Å². The van der Waals surface area contributed by atoms with Gasteiger partial charge < -0.3 is 15.1 Å². The molecule has 1 aliphatic rings. The molecule has 0 bridgehead atoms. The van der Waals surface area contributed by atoms with Crippen molar-refractivity contribution in [2.24, 2.45) is 0 Å². The van der Waals surface area contributed by atoms with Crippen molar-refractivity contribution < 1.29 is 14.0 Å². The first kappa shape index (κ1) is 19.8. The molecule has 4 rings (SSSR count). The second-order valence-electron chi connectivity index (χ2n) is 7.31. The number of benzene rings is 1. The second-order valence-corrected chi connectivity index (χ2v) is 7.31. The summed E-state index contributed by atoms with van der Waals surface area (Å²) in [7, 11) is 0. The standard InChI is InChI=1S/C21H24N6O3/c1-3-22-20(28)14-4-9-17(10-5-14)27-18(11-8-16-12-30-13(2)23-16)19(25-26-27)21(29)24-15-6-7-15/h4-5,9-10,12,15H,3,6-8,11H2,1-2H3,(H,22,28)(H,24,29). The Bertz CT molecular complexity index is 1050. The van der Waals surface area contributed by atoms with Gasteiger partial charge in [-0.3, -0.25) is 9.59 Å². The van der Waals surface area contributed by atoms with E-state index in [-0.39, 0.29) is 17.9 Å². The molecule has 3 aromatic rings. The zero-order chi connectivity index (χ0) is 21.1. The Balaban J connectivity index is 1.61. The molecular weight excluding hydrogens is 384 g/mol. The molecule has 9 heteroatoms. The van der Waals surface area contributed by atoms with Crippen molar-refractivity contribution in [3.8, 4) is 5.69 Å². The largest absolute Gasteiger partial charge is 0.449 e. The highest BCUT2D eigenvalue weighted by molar-refractivity contribution is 5.94. The first-order valence-electron chi connectivity index (χ1n) is 10.1. The fourth-order valence-corrected chi connectivity index (χ4v) is 3.18. The van der Waals surface area contributed by atoms with Gasteiger partial charge in [0.05, 0.1) is 17.1 Å². The van der Waals surface area contributed by atoms with Crippen molar-refractivity contribution in [2.45, 2.75) is 45.6 Å². The molecule has 2 aromatic heterocycles. The topological polar surface area (TPSA) is 115 Å². The maximum Gasteiger partial charge on any atom is 0.273 e. The molecular formula is C21H24N6O3. The summed E-state index contributed by atoms with van der Waals surface area (Å²) in [6.45, 7) is 4.23. The van der Waals surface area contributed by atoms with Gasteiger partial charge in [0.15, 0.2) is 11.6 Å². The van der Waals surface area contributed by atoms with Crippen LogP contribution in [0.15, 0.2) is 34.9 Å². The van der Waals surface area contributed by atoms with E-state index in [1.165, 1.54) is 0 Å². The van der Waals surface area contributed by atoms with E-state index in [4.69, 9.17) is 4.42 Å². The highest BCUT2D eigenvalue weighted by atomic mass is 16.3. The van der Waals surface area contributed by atoms with Crippen LogP contribution in [-0.4, -0.2) is 44.4 Å². The third kappa shape index (κ3) is 4.40. The maximum absolute atomic E-state index is 12.7. The number of nitrogens with one attached hydrogen (secondary N) is 2. The molecule has 0 aliphatic heterocycles. The number of carbonyl (C=O) groups excluding carboxylic acids is 2. The predicted molar refractivity (Wildman–Crippen MR) is 109 cm³/mol. The molecule has 156 valence electrons. The lowest BCUT2D eigenvalue weighted by molar-refractivity contribution is 0.0940. The van der Waals surface area contributed by atoms with E-state index in [1.807, 2.05) is 6.92 Å². The third-order valence-corrected chi connectivity index (χ3v) is 4.89. The van der Waals surface area contributed by atoms with Crippen LogP contribution in [0.5, 0.6) is 0 Å². The van der Waals surface area contributed by atoms with E-state index in [0.717, 1.165) is 24.2 Å². The Kier molecular flexibility index (Phi) is 5.60. The highest BCUT2D eigenvalue weighted by Gasteiger charge is 2.28. The third-order valence-electron chi connectivity index (χ3n) is 4.89. The fraction of sp³-hybridized carbons (Fsp3) is 0.381. The minimum Gasteiger partial charge on any atom is -0.449 e. The number of aryl methyl sites for hydroxylation is 2. The Morgan fingerprint density at radius 1 is 1.17 bits per heavy atom. The zero-order valence-corrected chi connectivity index (χ0v) is 17.0. The number of oxazole rings is 1. The minimum atomic E-state index is -0.214. The molecule has 2 heterocycles. The molecule has 0 radical (unpaired) electrons. The maximum atomic E-state index is 12.7. The summed E-state index contributed by atoms with van der Waals surface area (Å²) >= 11 is 0. The number of nitrogens with zero attached hydrogens (tertiary/aromatic N) is 4. The average Bonchev–Trinajstić information content (AvgIpc) is 3.29. The number of carbonyl (C=O) groups is 2. The van der Waals surface area contributed by atoms with Crippen molar-refractivity contribution in [2.75, 3.05) is 6.54 Å². The molecule has 2 N–H and O–H groups in total. The van der Waals surface area contributed by atoms with Gasteiger partial charge in [-0.15, -0.1) is 5.10 Å². The number of hydrogen-bond acceptors (Lipinski definition) is 6. The summed E-state index contributed by atoms with van der Waals surface area (Å²) < 4.78 is 6.93. The number of aromatic nitrogens is 4. The summed E-state index contributed by atoms with van der Waals surface area (Å²) in [5.41, 5.74) is 3.11. The van der Waals surface area contributed by atoms with E-state index in [0.29, 0.717) is 42.2 Å². The first-order chi connectivity index (χ1) is 14.5. The van der Waals surface area contributed by atoms with Crippen molar-refractivity contribution in [1.82, 2.24) is 30.6 Å². The minimum absolute atomic E-state index is 0.131. The fourth-order valence-electron chi connectivity index (χ4n) is 3.18. The lowest BCUT2D eigenvalue weighted by Gasteiger charge is -2.09. The zero-order valence-electron chi connectivity index (χ0n) is 17.0. The Labute approximate surface area is 173 Å². The van der Waals surface area contributed by atoms with Crippen LogP contribution in [0.2, 0.25) is 0 Å². The van der Waals surface area contributed by atoms with E-state index in [9.17, 15) is 9.59 Å². The van der Waals surface area contributed by atoms with Crippen molar-refractivity contribution in [3.63, 3.8) is 0 Å². The van der Waals surface area contributed by atoms with Crippen LogP contribution in [-0.2, 0) is 12.8 Å². The Morgan fingerprint density at radius 2 is 1.93 bits per heavy atom. The summed E-state index contributed by atoms with van der Waals surface area (Å²) in [6.07, 6.45) is 4.72. The van der Waals surface area contributed by atoms with Crippen LogP contribution < -0.4 is 10.6 Å². The van der Waals surface area contributed by atoms with Crippen molar-refractivity contribution in [3.05, 3.63) is 59.1 Å². The molecule has 0 atom stereocenters. The van der Waals surface area contributed by atoms with E-state index in [2.05, 4.69) is 25.9 Å². The summed E-state index contributed by atoms with van der Waals surface area (Å²) in [4.78, 5) is 29.0. The van der Waals surface area contributed by atoms with Gasteiger partial charge in [-0.1, -0.05) is 5.21 Å². The molecule has 1 aromatic carbocycles. The quantitative estimate of drug-likeness (QED) is 0.589. The number of hydrogen-bond donors (Lipinski definition) is 2. The van der Waals surface area contributed by atoms with Gasteiger partial charge in [-0.05, 0) is 56.9 Å². The molecule has 2 amide bonds. The van der Waals surface area contributed by atoms with Crippen LogP contribution in [0, 0.1) is 6.92 Å². The SMILES string of the molecule is CCNC(=O)c1ccc(-n2nnc(C(=O)NC3CC3)c2CCc2coc(C)n2)cc1. The van der Waals surface area contributed by atoms with Crippen LogP contribution in [0.25, 0.3) is 5.69 Å². The molecule has 0 saturated heterocycles. The van der Waals surface area contributed by atoms with Crippen LogP contribution in [0.1, 0.15) is 57.9 Å². The Hall–Kier alpha value is -3.49. The molecule has 1 aliphatic carbocycles. The van der Waals surface area contributed by atoms with Gasteiger partial charge in [0.1, 0.15) is 6.26 Å². The monoisotopic (exact) mass is 408 g/mol. The first-order valence-corrected chi connectivity index (χ1v) is 10.1. The summed E-state index contributed by atoms with van der Waals surface area (Å²) in [5, 5.41) is 14.1. The van der Waals surface area contributed by atoms with Gasteiger partial charge >= 0.3 is 0 Å². The van der Waals surface area contributed by atoms with Gasteiger partial charge in [0, 0.05) is 25.1 Å². The molecule has 0 unspecified atom stereocenters. The number of amides is 2. The lowest BCUT2D eigenvalue weighted by atomic mass is 10.1. The smallest absolute Gasteiger partial charge is 0.273 e. The summed E-state index contributed by atoms with van der Waals surface area (Å²) in [5.74, 6) is 0.257. The lowest BCUT2D eigenvalue weighted by Crippen LogP contribution is -2.27. The van der Waals surface area contributed by atoms with E-state index < -0.39 is 0 Å². The number of rotatable bonds is 8. The predicted octanol–water partition coefficient (Wildman–Crippen LogP) is 1.99. The molecule has 1 saturated carbocycles. The van der Waals surface area contributed by atoms with Gasteiger partial charge in [0.25, 0.3) is 11.8 Å². The van der Waals surface area contributed by atoms with Gasteiger partial charge in [0.2, 0.25) is 0 Å².